The molecular weight excluding hydrogens is 577 g/mol. The Balaban J connectivity index is 1.38. The van der Waals surface area contributed by atoms with Gasteiger partial charge in [0, 0.05) is 46.8 Å². The molecule has 0 aliphatic carbocycles. The van der Waals surface area contributed by atoms with Crippen molar-refractivity contribution >= 4 is 46.1 Å². The largest absolute Gasteiger partial charge is 0.465 e. The molecule has 1 aromatic heterocycles. The Bertz CT molecular complexity index is 1750. The number of nitrogens with zero attached hydrogens (tertiary/aromatic N) is 2. The van der Waals surface area contributed by atoms with Crippen LogP contribution in [0.3, 0.4) is 0 Å². The molecular formula is C34H36FN5O5. The van der Waals surface area contributed by atoms with E-state index in [4.69, 9.17) is 0 Å². The van der Waals surface area contributed by atoms with Crippen LogP contribution < -0.4 is 10.6 Å². The molecule has 45 heavy (non-hydrogen) atoms. The van der Waals surface area contributed by atoms with E-state index in [1.807, 2.05) is 0 Å². The molecule has 10 nitrogen and oxygen atoms in total. The number of carbonyl (C=O) groups excluding carboxylic acids is 3. The van der Waals surface area contributed by atoms with E-state index in [0.717, 1.165) is 4.90 Å². The van der Waals surface area contributed by atoms with E-state index in [-0.39, 0.29) is 17.0 Å². The van der Waals surface area contributed by atoms with Gasteiger partial charge in [0.2, 0.25) is 11.8 Å². The smallest absolute Gasteiger partial charge is 0.408 e. The van der Waals surface area contributed by atoms with Crippen molar-refractivity contribution in [3.8, 4) is 11.3 Å². The summed E-state index contributed by atoms with van der Waals surface area (Å²) in [7, 11) is 0. The van der Waals surface area contributed by atoms with Gasteiger partial charge < -0.3 is 25.6 Å². The van der Waals surface area contributed by atoms with Crippen LogP contribution in [0.15, 0.2) is 72.8 Å². The summed E-state index contributed by atoms with van der Waals surface area (Å²) in [6.45, 7) is 6.88. The molecule has 4 N–H and O–H groups in total. The Labute approximate surface area is 260 Å². The molecule has 4 aromatic rings. The van der Waals surface area contributed by atoms with Gasteiger partial charge in [-0.1, -0.05) is 42.5 Å². The van der Waals surface area contributed by atoms with Crippen molar-refractivity contribution in [3.05, 3.63) is 84.2 Å². The first kappa shape index (κ1) is 31.2. The highest BCUT2D eigenvalue weighted by Crippen LogP contribution is 2.34. The van der Waals surface area contributed by atoms with Gasteiger partial charge in [0.05, 0.1) is 5.69 Å². The number of hydrogen-bond acceptors (Lipinski definition) is 4. The van der Waals surface area contributed by atoms with Gasteiger partial charge in [-0.2, -0.15) is 0 Å². The summed E-state index contributed by atoms with van der Waals surface area (Å²) >= 11 is 0. The zero-order valence-electron chi connectivity index (χ0n) is 25.6. The highest BCUT2D eigenvalue weighted by Gasteiger charge is 2.44. The number of benzene rings is 3. The first-order valence-electron chi connectivity index (χ1n) is 14.7. The maximum atomic E-state index is 15.6. The molecule has 1 aliphatic heterocycles. The lowest BCUT2D eigenvalue weighted by Gasteiger charge is -2.41. The van der Waals surface area contributed by atoms with Crippen molar-refractivity contribution in [2.45, 2.75) is 58.2 Å². The minimum atomic E-state index is -1.24. The highest BCUT2D eigenvalue weighted by atomic mass is 19.1. The number of hydrogen-bond donors (Lipinski definition) is 4. The molecule has 3 aromatic carbocycles. The van der Waals surface area contributed by atoms with E-state index >= 15 is 4.39 Å². The van der Waals surface area contributed by atoms with Crippen molar-refractivity contribution < 1.29 is 28.7 Å². The predicted octanol–water partition coefficient (Wildman–Crippen LogP) is 6.38. The van der Waals surface area contributed by atoms with E-state index in [2.05, 4.69) is 15.6 Å². The van der Waals surface area contributed by atoms with Gasteiger partial charge in [-0.05, 0) is 69.5 Å². The fourth-order valence-corrected chi connectivity index (χ4v) is 5.87. The summed E-state index contributed by atoms with van der Waals surface area (Å²) in [5.74, 6) is -1.61. The van der Waals surface area contributed by atoms with Crippen molar-refractivity contribution in [1.29, 1.82) is 0 Å². The number of H-pyrrole nitrogens is 1. The number of fused-ring (bicyclic) bond motifs is 1. The molecule has 1 fully saturated rings. The van der Waals surface area contributed by atoms with Gasteiger partial charge in [-0.15, -0.1) is 0 Å². The maximum absolute atomic E-state index is 15.6. The van der Waals surface area contributed by atoms with Crippen LogP contribution in [0.25, 0.3) is 22.2 Å². The second kappa shape index (κ2) is 12.4. The maximum Gasteiger partial charge on any atom is 0.408 e. The topological polar surface area (TPSA) is 135 Å². The Morgan fingerprint density at radius 1 is 0.978 bits per heavy atom. The fourth-order valence-electron chi connectivity index (χ4n) is 5.87. The lowest BCUT2D eigenvalue weighted by molar-refractivity contribution is -0.142. The minimum absolute atomic E-state index is 0.206. The number of aromatic amines is 1. The lowest BCUT2D eigenvalue weighted by atomic mass is 9.97. The van der Waals surface area contributed by atoms with Crippen molar-refractivity contribution in [2.24, 2.45) is 0 Å². The molecule has 0 radical (unpaired) electrons. The van der Waals surface area contributed by atoms with Gasteiger partial charge >= 0.3 is 6.09 Å². The number of likely N-dealkylation sites (tertiary alicyclic amines) is 1. The van der Waals surface area contributed by atoms with E-state index in [0.29, 0.717) is 47.4 Å². The van der Waals surface area contributed by atoms with E-state index in [9.17, 15) is 24.3 Å². The second-order valence-electron chi connectivity index (χ2n) is 12.1. The first-order chi connectivity index (χ1) is 21.3. The summed E-state index contributed by atoms with van der Waals surface area (Å²) in [6, 6.07) is 18.3. The Morgan fingerprint density at radius 3 is 2.27 bits per heavy atom. The number of carbonyl (C=O) groups is 4. The average molecular weight is 614 g/mol. The first-order valence-corrected chi connectivity index (χ1v) is 14.7. The van der Waals surface area contributed by atoms with Crippen molar-refractivity contribution in [1.82, 2.24) is 14.8 Å². The molecule has 1 saturated heterocycles. The summed E-state index contributed by atoms with van der Waals surface area (Å²) in [5, 5.41) is 16.0. The molecule has 234 valence electrons. The highest BCUT2D eigenvalue weighted by molar-refractivity contribution is 6.00. The van der Waals surface area contributed by atoms with Crippen LogP contribution in [0.2, 0.25) is 0 Å². The van der Waals surface area contributed by atoms with Crippen molar-refractivity contribution in [2.75, 3.05) is 17.2 Å². The lowest BCUT2D eigenvalue weighted by Crippen LogP contribution is -2.54. The molecule has 4 amide bonds. The molecule has 2 atom stereocenters. The van der Waals surface area contributed by atoms with Gasteiger partial charge in [0.25, 0.3) is 5.91 Å². The van der Waals surface area contributed by atoms with Crippen LogP contribution in [0.4, 0.5) is 20.6 Å². The Morgan fingerprint density at radius 2 is 1.64 bits per heavy atom. The Kier molecular flexibility index (Phi) is 8.63. The van der Waals surface area contributed by atoms with Gasteiger partial charge in [-0.25, -0.2) is 9.18 Å². The number of aromatic nitrogens is 1. The standard InChI is InChI=1S/C34H36FN5O5/c1-20(41)36-23-14-12-21(13-15-23)29-28(35)25-19-24(16-17-26(25)38-29)37-31(42)27-11-8-18-39(27)32(43)30(22-9-6-5-7-10-22)40(33(44)45)34(2,3)4/h5-7,9-10,12-17,19,27,30,38H,8,11,18H2,1-4H3,(H,36,41)(H,37,42)(H,44,45)/t27-,30+/m0/s1. The van der Waals surface area contributed by atoms with Gasteiger partial charge in [0.15, 0.2) is 5.82 Å². The molecule has 2 heterocycles. The van der Waals surface area contributed by atoms with Crippen LogP contribution in [0, 0.1) is 5.82 Å². The van der Waals surface area contributed by atoms with Gasteiger partial charge in [-0.3, -0.25) is 19.3 Å². The molecule has 0 bridgehead atoms. The quantitative estimate of drug-likeness (QED) is 0.192. The number of anilines is 2. The number of nitrogens with one attached hydrogen (secondary N) is 3. The number of halogens is 1. The Hall–Kier alpha value is -5.19. The molecule has 1 aliphatic rings. The average Bonchev–Trinajstić information content (AvgIpc) is 3.60. The SMILES string of the molecule is CC(=O)Nc1ccc(-c2[nH]c3ccc(NC(=O)[C@@H]4CCCN4C(=O)[C@@H](c4ccccc4)N(C(=O)O)C(C)(C)C)cc3c2F)cc1. The van der Waals surface area contributed by atoms with Crippen LogP contribution >= 0.6 is 0 Å². The fraction of sp³-hybridized carbons (Fsp3) is 0.294. The van der Waals surface area contributed by atoms with Crippen LogP contribution in [0.1, 0.15) is 52.1 Å². The third-order valence-electron chi connectivity index (χ3n) is 7.87. The summed E-state index contributed by atoms with van der Waals surface area (Å²) < 4.78 is 15.6. The molecule has 5 rings (SSSR count). The zero-order valence-corrected chi connectivity index (χ0v) is 25.6. The molecule has 0 saturated carbocycles. The number of carboxylic acid groups (broad SMARTS) is 1. The monoisotopic (exact) mass is 613 g/mol. The van der Waals surface area contributed by atoms with Gasteiger partial charge in [0.1, 0.15) is 12.1 Å². The van der Waals surface area contributed by atoms with Crippen LogP contribution in [-0.2, 0) is 14.4 Å². The number of rotatable bonds is 7. The van der Waals surface area contributed by atoms with Crippen molar-refractivity contribution in [3.63, 3.8) is 0 Å². The molecule has 0 unspecified atom stereocenters. The van der Waals surface area contributed by atoms with E-state index < -0.39 is 41.3 Å². The molecule has 11 heteroatoms. The zero-order chi connectivity index (χ0) is 32.5. The predicted molar refractivity (Wildman–Crippen MR) is 170 cm³/mol. The summed E-state index contributed by atoms with van der Waals surface area (Å²) in [4.78, 5) is 57.1. The number of amides is 4. The summed E-state index contributed by atoms with van der Waals surface area (Å²) in [6.07, 6.45) is -0.264. The van der Waals surface area contributed by atoms with Crippen LogP contribution in [0.5, 0.6) is 0 Å². The summed E-state index contributed by atoms with van der Waals surface area (Å²) in [5.41, 5.74) is 1.95. The normalized spacial score (nSPS) is 15.5. The third kappa shape index (κ3) is 6.52. The second-order valence-corrected chi connectivity index (χ2v) is 12.1. The van der Waals surface area contributed by atoms with E-state index in [1.165, 1.54) is 17.9 Å². The minimum Gasteiger partial charge on any atom is -0.465 e. The molecule has 0 spiro atoms. The third-order valence-corrected chi connectivity index (χ3v) is 7.87. The van der Waals surface area contributed by atoms with E-state index in [1.54, 1.807) is 87.5 Å². The van der Waals surface area contributed by atoms with Crippen LogP contribution in [-0.4, -0.2) is 61.8 Å².